The first-order chi connectivity index (χ1) is 14.0. The number of anilines is 2. The number of aromatic amines is 1. The maximum absolute atomic E-state index is 12.9. The van der Waals surface area contributed by atoms with Crippen molar-refractivity contribution < 1.29 is 9.13 Å². The first-order valence-electron chi connectivity index (χ1n) is 9.21. The molecule has 0 aliphatic heterocycles. The molecule has 29 heavy (non-hydrogen) atoms. The van der Waals surface area contributed by atoms with Crippen molar-refractivity contribution in [1.82, 2.24) is 9.55 Å². The number of hydrogen-bond donors (Lipinski definition) is 2. The van der Waals surface area contributed by atoms with Crippen molar-refractivity contribution in [2.75, 3.05) is 30.8 Å². The number of H-pyrrole nitrogens is 1. The van der Waals surface area contributed by atoms with Crippen molar-refractivity contribution in [2.24, 2.45) is 0 Å². The van der Waals surface area contributed by atoms with Crippen LogP contribution in [0.1, 0.15) is 12.0 Å². The molecule has 2 aromatic carbocycles. The summed E-state index contributed by atoms with van der Waals surface area (Å²) < 4.78 is 19.8. The number of nitrogens with one attached hydrogen (secondary N) is 1. The standard InChI is InChI=1S/C21H23FN4O3/c1-25(12-5-13-29-17-10-8-16(22)9-11-17)18-19(23)26(21(28)24-20(18)27)14-15-6-3-2-4-7-15/h2-4,6-11H,5,12-14,23H2,1H3,(H,24,27,28). The Morgan fingerprint density at radius 2 is 1.79 bits per heavy atom. The van der Waals surface area contributed by atoms with Crippen LogP contribution in [0.15, 0.2) is 64.2 Å². The molecule has 0 atom stereocenters. The van der Waals surface area contributed by atoms with Crippen molar-refractivity contribution >= 4 is 11.5 Å². The highest BCUT2D eigenvalue weighted by atomic mass is 19.1. The Hall–Kier alpha value is -3.55. The van der Waals surface area contributed by atoms with Crippen molar-refractivity contribution in [3.8, 4) is 5.75 Å². The lowest BCUT2D eigenvalue weighted by Gasteiger charge is -2.22. The third kappa shape index (κ3) is 5.04. The minimum atomic E-state index is -0.548. The zero-order valence-corrected chi connectivity index (χ0v) is 16.1. The molecule has 3 N–H and O–H groups in total. The summed E-state index contributed by atoms with van der Waals surface area (Å²) in [6.45, 7) is 1.13. The molecule has 152 valence electrons. The van der Waals surface area contributed by atoms with Crippen LogP contribution in [0.2, 0.25) is 0 Å². The summed E-state index contributed by atoms with van der Waals surface area (Å²) in [7, 11) is 1.73. The molecule has 0 saturated heterocycles. The Morgan fingerprint density at radius 3 is 2.48 bits per heavy atom. The number of halogens is 1. The lowest BCUT2D eigenvalue weighted by molar-refractivity contribution is 0.312. The Labute approximate surface area is 167 Å². The van der Waals surface area contributed by atoms with Crippen LogP contribution in [0.25, 0.3) is 0 Å². The van der Waals surface area contributed by atoms with Crippen LogP contribution in [0, 0.1) is 5.82 Å². The van der Waals surface area contributed by atoms with E-state index in [2.05, 4.69) is 4.98 Å². The summed E-state index contributed by atoms with van der Waals surface area (Å²) in [6.07, 6.45) is 0.602. The molecule has 0 amide bonds. The van der Waals surface area contributed by atoms with Gasteiger partial charge in [0, 0.05) is 13.6 Å². The Kier molecular flexibility index (Phi) is 6.33. The summed E-state index contributed by atoms with van der Waals surface area (Å²) in [5, 5.41) is 0. The highest BCUT2D eigenvalue weighted by Gasteiger charge is 2.16. The second-order valence-corrected chi connectivity index (χ2v) is 6.64. The summed E-state index contributed by atoms with van der Waals surface area (Å²) >= 11 is 0. The van der Waals surface area contributed by atoms with Gasteiger partial charge < -0.3 is 15.4 Å². The number of nitrogens with two attached hydrogens (primary N) is 1. The molecule has 0 bridgehead atoms. The molecular weight excluding hydrogens is 375 g/mol. The fraction of sp³-hybridized carbons (Fsp3) is 0.238. The van der Waals surface area contributed by atoms with Crippen LogP contribution in [0.4, 0.5) is 15.9 Å². The Morgan fingerprint density at radius 1 is 1.10 bits per heavy atom. The number of nitrogen functional groups attached to an aromatic ring is 1. The predicted molar refractivity (Wildman–Crippen MR) is 111 cm³/mol. The SMILES string of the molecule is CN(CCCOc1ccc(F)cc1)c1c(N)n(Cc2ccccc2)c(=O)[nH]c1=O. The molecule has 0 fully saturated rings. The van der Waals surface area contributed by atoms with E-state index in [4.69, 9.17) is 10.5 Å². The highest BCUT2D eigenvalue weighted by Crippen LogP contribution is 2.17. The van der Waals surface area contributed by atoms with E-state index in [0.29, 0.717) is 25.3 Å². The van der Waals surface area contributed by atoms with Gasteiger partial charge in [0.15, 0.2) is 0 Å². The zero-order valence-electron chi connectivity index (χ0n) is 16.1. The molecule has 0 unspecified atom stereocenters. The predicted octanol–water partition coefficient (Wildman–Crippen LogP) is 2.21. The lowest BCUT2D eigenvalue weighted by atomic mass is 10.2. The largest absolute Gasteiger partial charge is 0.494 e. The third-order valence-corrected chi connectivity index (χ3v) is 4.50. The van der Waals surface area contributed by atoms with E-state index in [0.717, 1.165) is 5.56 Å². The van der Waals surface area contributed by atoms with Crippen molar-refractivity contribution in [3.05, 3.63) is 86.8 Å². The molecule has 0 aliphatic carbocycles. The molecule has 1 aromatic heterocycles. The minimum absolute atomic E-state index is 0.115. The van der Waals surface area contributed by atoms with E-state index in [9.17, 15) is 14.0 Å². The first kappa shape index (κ1) is 20.2. The first-order valence-corrected chi connectivity index (χ1v) is 9.21. The second kappa shape index (κ2) is 9.09. The van der Waals surface area contributed by atoms with E-state index >= 15 is 0 Å². The molecule has 0 radical (unpaired) electrons. The van der Waals surface area contributed by atoms with E-state index in [-0.39, 0.29) is 23.9 Å². The van der Waals surface area contributed by atoms with Crippen molar-refractivity contribution in [3.63, 3.8) is 0 Å². The summed E-state index contributed by atoms with van der Waals surface area (Å²) in [4.78, 5) is 28.6. The second-order valence-electron chi connectivity index (χ2n) is 6.64. The van der Waals surface area contributed by atoms with E-state index < -0.39 is 11.2 Å². The van der Waals surface area contributed by atoms with Crippen LogP contribution in [0.5, 0.6) is 5.75 Å². The molecule has 0 saturated carbocycles. The van der Waals surface area contributed by atoms with Gasteiger partial charge in [-0.3, -0.25) is 14.3 Å². The van der Waals surface area contributed by atoms with Crippen LogP contribution in [-0.4, -0.2) is 29.8 Å². The van der Waals surface area contributed by atoms with Gasteiger partial charge in [0.05, 0.1) is 13.2 Å². The topological polar surface area (TPSA) is 93.3 Å². The van der Waals surface area contributed by atoms with E-state index in [1.54, 1.807) is 24.1 Å². The number of aromatic nitrogens is 2. The summed E-state index contributed by atoms with van der Waals surface area (Å²) in [5.74, 6) is 0.366. The minimum Gasteiger partial charge on any atom is -0.494 e. The fourth-order valence-corrected chi connectivity index (χ4v) is 3.00. The van der Waals surface area contributed by atoms with Crippen LogP contribution < -0.4 is 26.6 Å². The van der Waals surface area contributed by atoms with Gasteiger partial charge in [-0.15, -0.1) is 0 Å². The highest BCUT2D eigenvalue weighted by molar-refractivity contribution is 5.62. The Bertz CT molecular complexity index is 1060. The van der Waals surface area contributed by atoms with Gasteiger partial charge in [0.2, 0.25) is 0 Å². The number of nitrogens with zero attached hydrogens (tertiary/aromatic N) is 2. The van der Waals surface area contributed by atoms with Crippen LogP contribution in [0.3, 0.4) is 0 Å². The molecule has 0 spiro atoms. The number of hydrogen-bond acceptors (Lipinski definition) is 5. The van der Waals surface area contributed by atoms with Gasteiger partial charge in [-0.1, -0.05) is 30.3 Å². The van der Waals surface area contributed by atoms with E-state index in [1.165, 1.54) is 16.7 Å². The van der Waals surface area contributed by atoms with Crippen LogP contribution >= 0.6 is 0 Å². The van der Waals surface area contributed by atoms with Gasteiger partial charge in [-0.25, -0.2) is 9.18 Å². The monoisotopic (exact) mass is 398 g/mol. The number of ether oxygens (including phenoxy) is 1. The van der Waals surface area contributed by atoms with Crippen molar-refractivity contribution in [1.29, 1.82) is 0 Å². The van der Waals surface area contributed by atoms with Crippen LogP contribution in [-0.2, 0) is 6.54 Å². The molecule has 1 heterocycles. The molecule has 8 heteroatoms. The molecule has 3 rings (SSSR count). The molecular formula is C21H23FN4O3. The van der Waals surface area contributed by atoms with Gasteiger partial charge in [0.1, 0.15) is 23.1 Å². The zero-order chi connectivity index (χ0) is 20.8. The third-order valence-electron chi connectivity index (χ3n) is 4.50. The summed E-state index contributed by atoms with van der Waals surface area (Å²) in [5.41, 5.74) is 6.24. The normalized spacial score (nSPS) is 10.7. The van der Waals surface area contributed by atoms with Gasteiger partial charge in [-0.2, -0.15) is 0 Å². The molecule has 3 aromatic rings. The number of benzene rings is 2. The average Bonchev–Trinajstić information content (AvgIpc) is 2.70. The van der Waals surface area contributed by atoms with Crippen molar-refractivity contribution in [2.45, 2.75) is 13.0 Å². The van der Waals surface area contributed by atoms with Gasteiger partial charge in [0.25, 0.3) is 5.56 Å². The fourth-order valence-electron chi connectivity index (χ4n) is 3.00. The molecule has 0 aliphatic rings. The van der Waals surface area contributed by atoms with Gasteiger partial charge in [-0.05, 0) is 36.2 Å². The maximum atomic E-state index is 12.9. The quantitative estimate of drug-likeness (QED) is 0.568. The number of rotatable bonds is 8. The lowest BCUT2D eigenvalue weighted by Crippen LogP contribution is -2.37. The Balaban J connectivity index is 1.68. The summed E-state index contributed by atoms with van der Waals surface area (Å²) in [6, 6.07) is 15.2. The molecule has 7 nitrogen and oxygen atoms in total. The average molecular weight is 398 g/mol. The maximum Gasteiger partial charge on any atom is 0.330 e. The smallest absolute Gasteiger partial charge is 0.330 e. The van der Waals surface area contributed by atoms with Gasteiger partial charge >= 0.3 is 5.69 Å². The van der Waals surface area contributed by atoms with E-state index in [1.807, 2.05) is 30.3 Å².